The van der Waals surface area contributed by atoms with Gasteiger partial charge < -0.3 is 16.2 Å². The van der Waals surface area contributed by atoms with Crippen LogP contribution in [0.5, 0.6) is 0 Å². The first-order valence-electron chi connectivity index (χ1n) is 4.07. The molecular formula is C8H14N2O2. The van der Waals surface area contributed by atoms with E-state index in [-0.39, 0.29) is 12.5 Å². The molecule has 0 aliphatic carbocycles. The van der Waals surface area contributed by atoms with Crippen molar-refractivity contribution in [3.05, 3.63) is 11.8 Å². The maximum absolute atomic E-state index is 10.5. The number of hydrogen-bond donors (Lipinski definition) is 2. The van der Waals surface area contributed by atoms with Crippen molar-refractivity contribution in [2.45, 2.75) is 25.3 Å². The summed E-state index contributed by atoms with van der Waals surface area (Å²) in [7, 11) is 0. The molecule has 4 nitrogen and oxygen atoms in total. The summed E-state index contributed by atoms with van der Waals surface area (Å²) in [6.07, 6.45) is 4.08. The molecule has 1 heterocycles. The minimum Gasteiger partial charge on any atom is -0.497 e. The van der Waals surface area contributed by atoms with Crippen LogP contribution in [0.1, 0.15) is 19.3 Å². The van der Waals surface area contributed by atoms with Crippen molar-refractivity contribution in [2.24, 2.45) is 11.5 Å². The van der Waals surface area contributed by atoms with E-state index >= 15 is 0 Å². The summed E-state index contributed by atoms with van der Waals surface area (Å²) < 4.78 is 5.27. The van der Waals surface area contributed by atoms with Crippen LogP contribution < -0.4 is 11.5 Å². The summed E-state index contributed by atoms with van der Waals surface area (Å²) in [5.41, 5.74) is 10.7. The molecule has 0 radical (unpaired) electrons. The lowest BCUT2D eigenvalue weighted by molar-refractivity contribution is -0.118. The third-order valence-electron chi connectivity index (χ3n) is 1.75. The predicted octanol–water partition coefficient (Wildman–Crippen LogP) is -0.117. The van der Waals surface area contributed by atoms with Crippen LogP contribution in [0.25, 0.3) is 0 Å². The molecule has 68 valence electrons. The van der Waals surface area contributed by atoms with Crippen molar-refractivity contribution in [3.8, 4) is 0 Å². The van der Waals surface area contributed by atoms with E-state index in [1.165, 1.54) is 0 Å². The van der Waals surface area contributed by atoms with Crippen molar-refractivity contribution < 1.29 is 9.53 Å². The van der Waals surface area contributed by atoms with Crippen LogP contribution in [0, 0.1) is 0 Å². The minimum atomic E-state index is -0.391. The summed E-state index contributed by atoms with van der Waals surface area (Å²) in [5, 5.41) is 0. The first-order valence-corrected chi connectivity index (χ1v) is 4.07. The van der Waals surface area contributed by atoms with Gasteiger partial charge in [-0.15, -0.1) is 0 Å². The first kappa shape index (κ1) is 9.06. The number of carbonyl (C=O) groups is 1. The molecule has 0 aromatic rings. The Balaban J connectivity index is 2.44. The molecule has 0 bridgehead atoms. The van der Waals surface area contributed by atoms with Crippen molar-refractivity contribution in [3.63, 3.8) is 0 Å². The molecule has 0 aromatic carbocycles. The molecule has 0 saturated heterocycles. The third-order valence-corrected chi connectivity index (χ3v) is 1.75. The third kappa shape index (κ3) is 2.54. The Morgan fingerprint density at radius 2 is 2.50 bits per heavy atom. The van der Waals surface area contributed by atoms with Gasteiger partial charge in [0.25, 0.3) is 0 Å². The van der Waals surface area contributed by atoms with E-state index in [1.807, 2.05) is 6.08 Å². The minimum absolute atomic E-state index is 0.159. The number of rotatable bonds is 3. The number of amides is 1. The van der Waals surface area contributed by atoms with Crippen LogP contribution in [0.3, 0.4) is 0 Å². The van der Waals surface area contributed by atoms with Gasteiger partial charge in [-0.3, -0.25) is 4.79 Å². The fraction of sp³-hybridized carbons (Fsp3) is 0.625. The highest BCUT2D eigenvalue weighted by Gasteiger charge is 2.15. The van der Waals surface area contributed by atoms with Gasteiger partial charge in [0, 0.05) is 6.42 Å². The molecule has 0 fully saturated rings. The standard InChI is InChI=1S/C8H14N2O2/c9-6(5-8(10)11)7-3-1-2-4-12-7/h3,6H,1-2,4-5,9H2,(H2,10,11). The summed E-state index contributed by atoms with van der Waals surface area (Å²) in [6, 6.07) is -0.359. The zero-order valence-electron chi connectivity index (χ0n) is 6.95. The lowest BCUT2D eigenvalue weighted by atomic mass is 10.1. The van der Waals surface area contributed by atoms with Gasteiger partial charge in [-0.2, -0.15) is 0 Å². The topological polar surface area (TPSA) is 78.3 Å². The van der Waals surface area contributed by atoms with Gasteiger partial charge in [0.2, 0.25) is 5.91 Å². The Hall–Kier alpha value is -1.03. The summed E-state index contributed by atoms with van der Waals surface area (Å²) >= 11 is 0. The van der Waals surface area contributed by atoms with E-state index < -0.39 is 5.91 Å². The van der Waals surface area contributed by atoms with E-state index in [4.69, 9.17) is 16.2 Å². The van der Waals surface area contributed by atoms with Crippen LogP contribution in [0.2, 0.25) is 0 Å². The second kappa shape index (κ2) is 4.11. The lowest BCUT2D eigenvalue weighted by Crippen LogP contribution is -2.31. The molecule has 1 aliphatic rings. The Labute approximate surface area is 71.6 Å². The predicted molar refractivity (Wildman–Crippen MR) is 45.1 cm³/mol. The highest BCUT2D eigenvalue weighted by Crippen LogP contribution is 2.13. The van der Waals surface area contributed by atoms with Crippen molar-refractivity contribution in [1.82, 2.24) is 0 Å². The largest absolute Gasteiger partial charge is 0.497 e. The Morgan fingerprint density at radius 1 is 1.75 bits per heavy atom. The first-order chi connectivity index (χ1) is 5.70. The molecular weight excluding hydrogens is 156 g/mol. The van der Waals surface area contributed by atoms with Gasteiger partial charge >= 0.3 is 0 Å². The molecule has 0 aromatic heterocycles. The van der Waals surface area contributed by atoms with Crippen LogP contribution in [-0.2, 0) is 9.53 Å². The van der Waals surface area contributed by atoms with Crippen LogP contribution in [0.4, 0.5) is 0 Å². The zero-order chi connectivity index (χ0) is 8.97. The van der Waals surface area contributed by atoms with Crippen molar-refractivity contribution in [2.75, 3.05) is 6.61 Å². The molecule has 4 N–H and O–H groups in total. The van der Waals surface area contributed by atoms with Crippen molar-refractivity contribution in [1.29, 1.82) is 0 Å². The second-order valence-corrected chi connectivity index (χ2v) is 2.87. The number of carbonyl (C=O) groups excluding carboxylic acids is 1. The average Bonchev–Trinajstić information content (AvgIpc) is 2.05. The fourth-order valence-electron chi connectivity index (χ4n) is 1.15. The van der Waals surface area contributed by atoms with Gasteiger partial charge in [0.1, 0.15) is 5.76 Å². The van der Waals surface area contributed by atoms with Crippen LogP contribution in [-0.4, -0.2) is 18.6 Å². The van der Waals surface area contributed by atoms with E-state index in [9.17, 15) is 4.79 Å². The maximum atomic E-state index is 10.5. The van der Waals surface area contributed by atoms with Crippen molar-refractivity contribution >= 4 is 5.91 Å². The summed E-state index contributed by atoms with van der Waals surface area (Å²) in [5.74, 6) is 0.317. The summed E-state index contributed by atoms with van der Waals surface area (Å²) in [6.45, 7) is 0.693. The van der Waals surface area contributed by atoms with Gasteiger partial charge in [-0.05, 0) is 18.9 Å². The quantitative estimate of drug-likeness (QED) is 0.620. The second-order valence-electron chi connectivity index (χ2n) is 2.87. The van der Waals surface area contributed by atoms with E-state index in [2.05, 4.69) is 0 Å². The smallest absolute Gasteiger partial charge is 0.219 e. The lowest BCUT2D eigenvalue weighted by Gasteiger charge is -2.19. The van der Waals surface area contributed by atoms with Gasteiger partial charge in [-0.1, -0.05) is 0 Å². The van der Waals surface area contributed by atoms with Gasteiger partial charge in [-0.25, -0.2) is 0 Å². The van der Waals surface area contributed by atoms with E-state index in [1.54, 1.807) is 0 Å². The van der Waals surface area contributed by atoms with Crippen LogP contribution in [0.15, 0.2) is 11.8 Å². The van der Waals surface area contributed by atoms with Crippen LogP contribution >= 0.6 is 0 Å². The monoisotopic (exact) mass is 170 g/mol. The number of allylic oxidation sites excluding steroid dienone is 1. The molecule has 1 rings (SSSR count). The zero-order valence-corrected chi connectivity index (χ0v) is 6.95. The molecule has 0 spiro atoms. The van der Waals surface area contributed by atoms with Gasteiger partial charge in [0.15, 0.2) is 0 Å². The number of nitrogens with two attached hydrogens (primary N) is 2. The number of ether oxygens (including phenoxy) is 1. The Morgan fingerprint density at radius 3 is 3.00 bits per heavy atom. The molecule has 1 atom stereocenters. The molecule has 1 aliphatic heterocycles. The van der Waals surface area contributed by atoms with E-state index in [0.717, 1.165) is 12.8 Å². The highest BCUT2D eigenvalue weighted by atomic mass is 16.5. The molecule has 12 heavy (non-hydrogen) atoms. The average molecular weight is 170 g/mol. The number of primary amides is 1. The highest BCUT2D eigenvalue weighted by molar-refractivity contribution is 5.74. The fourth-order valence-corrected chi connectivity index (χ4v) is 1.15. The molecule has 1 unspecified atom stereocenters. The normalized spacial score (nSPS) is 19.2. The maximum Gasteiger partial charge on any atom is 0.219 e. The Kier molecular flexibility index (Phi) is 3.10. The molecule has 1 amide bonds. The molecule has 0 saturated carbocycles. The summed E-state index contributed by atoms with van der Waals surface area (Å²) in [4.78, 5) is 10.5. The number of hydrogen-bond acceptors (Lipinski definition) is 3. The van der Waals surface area contributed by atoms with Gasteiger partial charge in [0.05, 0.1) is 12.6 Å². The Bertz CT molecular complexity index is 201. The SMILES string of the molecule is NC(=O)CC(N)C1=CCCCO1. The molecule has 4 heteroatoms. The van der Waals surface area contributed by atoms with E-state index in [0.29, 0.717) is 12.4 Å².